The lowest BCUT2D eigenvalue weighted by atomic mass is 9.83. The van der Waals surface area contributed by atoms with Crippen LogP contribution in [0.5, 0.6) is 0 Å². The zero-order valence-corrected chi connectivity index (χ0v) is 22.1. The molecular weight excluding hydrogens is 440 g/mol. The molecular formula is C29H38N2O4. The largest absolute Gasteiger partial charge is 0.479 e. The number of amides is 2. The zero-order chi connectivity index (χ0) is 25.7. The molecule has 0 saturated carbocycles. The van der Waals surface area contributed by atoms with Crippen molar-refractivity contribution in [1.29, 1.82) is 0 Å². The van der Waals surface area contributed by atoms with E-state index in [9.17, 15) is 14.7 Å². The lowest BCUT2D eigenvalue weighted by Gasteiger charge is -2.29. The van der Waals surface area contributed by atoms with E-state index in [1.807, 2.05) is 68.7 Å². The van der Waals surface area contributed by atoms with E-state index in [1.165, 1.54) is 0 Å². The minimum absolute atomic E-state index is 0.0733. The Hall–Kier alpha value is -2.86. The number of urea groups is 1. The molecule has 6 nitrogen and oxygen atoms in total. The normalized spacial score (nSPS) is 18.7. The number of rotatable bonds is 4. The molecule has 1 N–H and O–H groups in total. The van der Waals surface area contributed by atoms with Gasteiger partial charge in [0.15, 0.2) is 6.10 Å². The number of hydrogen-bond acceptors (Lipinski definition) is 3. The quantitative estimate of drug-likeness (QED) is 0.573. The lowest BCUT2D eigenvalue weighted by Crippen LogP contribution is -2.42. The molecule has 2 heterocycles. The lowest BCUT2D eigenvalue weighted by molar-refractivity contribution is -0.160. The molecule has 2 aromatic rings. The molecule has 2 aliphatic rings. The molecule has 2 aliphatic heterocycles. The van der Waals surface area contributed by atoms with Crippen molar-refractivity contribution in [3.05, 3.63) is 57.6 Å². The SMILES string of the molecule is Cc1ccc(-c2c(C)c3c(c(C)c2[C@H](OC(C)(C)C)C(=O)O)CN(C(=O)N2CCC[C@H]2C)C3)cc1. The Kier molecular flexibility index (Phi) is 6.71. The van der Waals surface area contributed by atoms with Crippen molar-refractivity contribution in [1.82, 2.24) is 9.80 Å². The Balaban J connectivity index is 1.87. The molecule has 188 valence electrons. The fourth-order valence-electron chi connectivity index (χ4n) is 5.56. The first-order valence-corrected chi connectivity index (χ1v) is 12.6. The van der Waals surface area contributed by atoms with Crippen LogP contribution >= 0.6 is 0 Å². The first-order chi connectivity index (χ1) is 16.4. The molecule has 0 spiro atoms. The van der Waals surface area contributed by atoms with Gasteiger partial charge in [-0.05, 0) is 94.7 Å². The number of hydrogen-bond donors (Lipinski definition) is 1. The second kappa shape index (κ2) is 9.30. The van der Waals surface area contributed by atoms with Crippen LogP contribution in [0, 0.1) is 20.8 Å². The third-order valence-corrected chi connectivity index (χ3v) is 7.38. The van der Waals surface area contributed by atoms with Crippen LogP contribution < -0.4 is 0 Å². The molecule has 4 rings (SSSR count). The number of nitrogens with zero attached hydrogens (tertiary/aromatic N) is 2. The van der Waals surface area contributed by atoms with E-state index in [1.54, 1.807) is 0 Å². The highest BCUT2D eigenvalue weighted by molar-refractivity contribution is 5.85. The van der Waals surface area contributed by atoms with Gasteiger partial charge in [0.2, 0.25) is 0 Å². The van der Waals surface area contributed by atoms with Crippen LogP contribution in [0.4, 0.5) is 4.79 Å². The van der Waals surface area contributed by atoms with E-state index in [4.69, 9.17) is 4.74 Å². The summed E-state index contributed by atoms with van der Waals surface area (Å²) in [4.78, 5) is 29.8. The Bertz CT molecular complexity index is 1150. The van der Waals surface area contributed by atoms with Crippen molar-refractivity contribution in [2.45, 2.75) is 92.1 Å². The second-order valence-electron chi connectivity index (χ2n) is 11.1. The maximum absolute atomic E-state index is 13.4. The Morgan fingerprint density at radius 1 is 1.03 bits per heavy atom. The van der Waals surface area contributed by atoms with Crippen LogP contribution in [0.2, 0.25) is 0 Å². The van der Waals surface area contributed by atoms with E-state index in [-0.39, 0.29) is 12.1 Å². The van der Waals surface area contributed by atoms with Crippen molar-refractivity contribution < 1.29 is 19.4 Å². The van der Waals surface area contributed by atoms with Crippen molar-refractivity contribution in [3.8, 4) is 11.1 Å². The minimum Gasteiger partial charge on any atom is -0.479 e. The first kappa shape index (κ1) is 25.2. The van der Waals surface area contributed by atoms with Gasteiger partial charge < -0.3 is 19.6 Å². The summed E-state index contributed by atoms with van der Waals surface area (Å²) in [6.45, 7) is 15.7. The van der Waals surface area contributed by atoms with Crippen molar-refractivity contribution in [2.75, 3.05) is 6.54 Å². The van der Waals surface area contributed by atoms with Gasteiger partial charge in [0, 0.05) is 31.2 Å². The van der Waals surface area contributed by atoms with Gasteiger partial charge in [-0.25, -0.2) is 9.59 Å². The number of carbonyl (C=O) groups excluding carboxylic acids is 1. The summed E-state index contributed by atoms with van der Waals surface area (Å²) in [7, 11) is 0. The summed E-state index contributed by atoms with van der Waals surface area (Å²) in [5.41, 5.74) is 7.18. The third-order valence-electron chi connectivity index (χ3n) is 7.38. The molecule has 0 unspecified atom stereocenters. The van der Waals surface area contributed by atoms with E-state index in [2.05, 4.69) is 13.8 Å². The predicted molar refractivity (Wildman–Crippen MR) is 137 cm³/mol. The monoisotopic (exact) mass is 478 g/mol. The van der Waals surface area contributed by atoms with Crippen LogP contribution in [0.3, 0.4) is 0 Å². The molecule has 2 amide bonds. The van der Waals surface area contributed by atoms with Gasteiger partial charge in [-0.15, -0.1) is 0 Å². The number of aryl methyl sites for hydroxylation is 1. The number of likely N-dealkylation sites (tertiary alicyclic amines) is 1. The van der Waals surface area contributed by atoms with Gasteiger partial charge in [0.1, 0.15) is 0 Å². The van der Waals surface area contributed by atoms with Crippen LogP contribution in [-0.2, 0) is 22.6 Å². The Labute approximate surface area is 208 Å². The standard InChI is InChI=1S/C29H38N2O4/c1-17-10-12-21(13-11-17)24-19(3)22-15-30(28(34)31-14-8-9-18(31)2)16-23(22)20(4)25(24)26(27(32)33)35-29(5,6)7/h10-13,18,26H,8-9,14-16H2,1-7H3,(H,32,33)/t18-,26+/m1/s1. The summed E-state index contributed by atoms with van der Waals surface area (Å²) in [5, 5.41) is 10.3. The summed E-state index contributed by atoms with van der Waals surface area (Å²) in [6.07, 6.45) is 0.966. The minimum atomic E-state index is -1.11. The topological polar surface area (TPSA) is 70.1 Å². The van der Waals surface area contributed by atoms with E-state index < -0.39 is 17.7 Å². The van der Waals surface area contributed by atoms with Gasteiger partial charge in [0.05, 0.1) is 5.60 Å². The van der Waals surface area contributed by atoms with Crippen LogP contribution in [0.15, 0.2) is 24.3 Å². The third kappa shape index (κ3) is 4.81. The molecule has 6 heteroatoms. The summed E-state index contributed by atoms with van der Waals surface area (Å²) >= 11 is 0. The highest BCUT2D eigenvalue weighted by atomic mass is 16.5. The highest BCUT2D eigenvalue weighted by Crippen LogP contribution is 2.44. The molecule has 0 aromatic heterocycles. The van der Waals surface area contributed by atoms with E-state index >= 15 is 0 Å². The van der Waals surface area contributed by atoms with Gasteiger partial charge in [-0.1, -0.05) is 29.8 Å². The molecule has 0 radical (unpaired) electrons. The van der Waals surface area contributed by atoms with Crippen molar-refractivity contribution in [3.63, 3.8) is 0 Å². The molecule has 0 aliphatic carbocycles. The fraction of sp³-hybridized carbons (Fsp3) is 0.517. The Morgan fingerprint density at radius 2 is 1.63 bits per heavy atom. The number of aliphatic carboxylic acids is 1. The number of carboxylic acid groups (broad SMARTS) is 1. The average molecular weight is 479 g/mol. The summed E-state index contributed by atoms with van der Waals surface area (Å²) in [5.74, 6) is -1.01. The number of fused-ring (bicyclic) bond motifs is 1. The number of ether oxygens (including phenoxy) is 1. The molecule has 0 bridgehead atoms. The second-order valence-corrected chi connectivity index (χ2v) is 11.1. The predicted octanol–water partition coefficient (Wildman–Crippen LogP) is 6.14. The zero-order valence-electron chi connectivity index (χ0n) is 22.1. The highest BCUT2D eigenvalue weighted by Gasteiger charge is 2.38. The van der Waals surface area contributed by atoms with Gasteiger partial charge in [0.25, 0.3) is 0 Å². The number of carboxylic acids is 1. The van der Waals surface area contributed by atoms with Gasteiger partial charge >= 0.3 is 12.0 Å². The van der Waals surface area contributed by atoms with Gasteiger partial charge in [-0.3, -0.25) is 0 Å². The first-order valence-electron chi connectivity index (χ1n) is 12.6. The van der Waals surface area contributed by atoms with E-state index in [0.29, 0.717) is 18.7 Å². The number of benzene rings is 2. The van der Waals surface area contributed by atoms with E-state index in [0.717, 1.165) is 58.3 Å². The summed E-state index contributed by atoms with van der Waals surface area (Å²) in [6, 6.07) is 8.52. The van der Waals surface area contributed by atoms with Crippen LogP contribution in [0.25, 0.3) is 11.1 Å². The van der Waals surface area contributed by atoms with Crippen LogP contribution in [0.1, 0.15) is 80.0 Å². The Morgan fingerprint density at radius 3 is 2.14 bits per heavy atom. The average Bonchev–Trinajstić information content (AvgIpc) is 3.41. The summed E-state index contributed by atoms with van der Waals surface area (Å²) < 4.78 is 6.15. The van der Waals surface area contributed by atoms with Gasteiger partial charge in [-0.2, -0.15) is 0 Å². The maximum Gasteiger partial charge on any atom is 0.337 e. The fourth-order valence-corrected chi connectivity index (χ4v) is 5.56. The molecule has 1 saturated heterocycles. The molecule has 2 aromatic carbocycles. The molecule has 35 heavy (non-hydrogen) atoms. The molecule has 2 atom stereocenters. The maximum atomic E-state index is 13.4. The van der Waals surface area contributed by atoms with Crippen molar-refractivity contribution in [2.24, 2.45) is 0 Å². The smallest absolute Gasteiger partial charge is 0.337 e. The van der Waals surface area contributed by atoms with Crippen molar-refractivity contribution >= 4 is 12.0 Å². The number of carbonyl (C=O) groups is 2. The molecule has 1 fully saturated rings. The van der Waals surface area contributed by atoms with Crippen LogP contribution in [-0.4, -0.2) is 45.1 Å².